The topological polar surface area (TPSA) is 35.6 Å². The van der Waals surface area contributed by atoms with E-state index in [-0.39, 0.29) is 5.91 Å². The van der Waals surface area contributed by atoms with Gasteiger partial charge in [-0.25, -0.2) is 0 Å². The van der Waals surface area contributed by atoms with Gasteiger partial charge in [0.2, 0.25) is 5.91 Å². The number of carbonyl (C=O) groups is 1. The van der Waals surface area contributed by atoms with Crippen LogP contribution in [0.2, 0.25) is 0 Å². The molecule has 4 nitrogen and oxygen atoms in total. The smallest absolute Gasteiger partial charge is 0.238 e. The van der Waals surface area contributed by atoms with Gasteiger partial charge in [0.25, 0.3) is 0 Å². The van der Waals surface area contributed by atoms with Gasteiger partial charge in [0.15, 0.2) is 0 Å². The number of fused-ring (bicyclic) bond motifs is 1. The maximum atomic E-state index is 12.4. The molecule has 26 heavy (non-hydrogen) atoms. The van der Waals surface area contributed by atoms with E-state index in [1.54, 1.807) is 0 Å². The van der Waals surface area contributed by atoms with Crippen LogP contribution < -0.4 is 10.2 Å². The summed E-state index contributed by atoms with van der Waals surface area (Å²) in [5.74, 6) is 0.0649. The predicted octanol–water partition coefficient (Wildman–Crippen LogP) is 3.67. The fourth-order valence-electron chi connectivity index (χ4n) is 4.00. The number of hydrogen-bond acceptors (Lipinski definition) is 3. The highest BCUT2D eigenvalue weighted by Crippen LogP contribution is 2.22. The van der Waals surface area contributed by atoms with Gasteiger partial charge in [-0.15, -0.1) is 0 Å². The van der Waals surface area contributed by atoms with Crippen LogP contribution >= 0.6 is 0 Å². The summed E-state index contributed by atoms with van der Waals surface area (Å²) in [4.78, 5) is 17.1. The molecule has 1 fully saturated rings. The first-order valence-corrected chi connectivity index (χ1v) is 9.72. The summed E-state index contributed by atoms with van der Waals surface area (Å²) >= 11 is 0. The minimum absolute atomic E-state index is 0.0649. The van der Waals surface area contributed by atoms with Crippen LogP contribution in [0.4, 0.5) is 11.4 Å². The molecular formula is C22H27N3O. The summed E-state index contributed by atoms with van der Waals surface area (Å²) in [5.41, 5.74) is 4.90. The van der Waals surface area contributed by atoms with Crippen LogP contribution in [0.1, 0.15) is 30.4 Å². The van der Waals surface area contributed by atoms with Crippen molar-refractivity contribution in [3.05, 3.63) is 59.7 Å². The van der Waals surface area contributed by atoms with Crippen molar-refractivity contribution < 1.29 is 4.79 Å². The first-order valence-electron chi connectivity index (χ1n) is 9.72. The lowest BCUT2D eigenvalue weighted by Gasteiger charge is -2.29. The number of piperidine rings is 1. The zero-order valence-electron chi connectivity index (χ0n) is 15.3. The zero-order valence-corrected chi connectivity index (χ0v) is 15.3. The second kappa shape index (κ2) is 7.92. The molecule has 1 N–H and O–H groups in total. The standard InChI is InChI=1S/C22H27N3O/c26-22(17-24-15-12-18-6-2-3-7-19(18)16-24)23-20-8-10-21(11-9-20)25-13-4-1-5-14-25/h2-3,6-11H,1,4-5,12-17H2,(H,23,26). The monoisotopic (exact) mass is 349 g/mol. The number of nitrogens with one attached hydrogen (secondary N) is 1. The van der Waals surface area contributed by atoms with E-state index in [2.05, 4.69) is 51.5 Å². The molecule has 0 unspecified atom stereocenters. The van der Waals surface area contributed by atoms with E-state index in [4.69, 9.17) is 0 Å². The molecular weight excluding hydrogens is 322 g/mol. The Balaban J connectivity index is 1.31. The van der Waals surface area contributed by atoms with E-state index in [0.29, 0.717) is 6.54 Å². The van der Waals surface area contributed by atoms with Crippen LogP contribution in [-0.2, 0) is 17.8 Å². The molecule has 2 heterocycles. The van der Waals surface area contributed by atoms with Crippen LogP contribution in [-0.4, -0.2) is 37.0 Å². The van der Waals surface area contributed by atoms with Gasteiger partial charge < -0.3 is 10.2 Å². The lowest BCUT2D eigenvalue weighted by Crippen LogP contribution is -2.37. The van der Waals surface area contributed by atoms with Gasteiger partial charge in [-0.05, 0) is 61.1 Å². The van der Waals surface area contributed by atoms with E-state index < -0.39 is 0 Å². The zero-order chi connectivity index (χ0) is 17.8. The Morgan fingerprint density at radius 1 is 0.885 bits per heavy atom. The highest BCUT2D eigenvalue weighted by atomic mass is 16.2. The second-order valence-corrected chi connectivity index (χ2v) is 7.37. The molecule has 136 valence electrons. The average Bonchev–Trinajstić information content (AvgIpc) is 2.69. The Hall–Kier alpha value is -2.33. The summed E-state index contributed by atoms with van der Waals surface area (Å²) in [6.07, 6.45) is 4.91. The maximum absolute atomic E-state index is 12.4. The molecule has 1 amide bonds. The highest BCUT2D eigenvalue weighted by Gasteiger charge is 2.18. The van der Waals surface area contributed by atoms with E-state index >= 15 is 0 Å². The lowest BCUT2D eigenvalue weighted by atomic mass is 10.00. The fourth-order valence-corrected chi connectivity index (χ4v) is 4.00. The Morgan fingerprint density at radius 3 is 2.38 bits per heavy atom. The minimum atomic E-state index is 0.0649. The summed E-state index contributed by atoms with van der Waals surface area (Å²) in [6.45, 7) is 4.53. The fraction of sp³-hybridized carbons (Fsp3) is 0.409. The van der Waals surface area contributed by atoms with E-state index in [9.17, 15) is 4.79 Å². The molecule has 4 heteroatoms. The van der Waals surface area contributed by atoms with Crippen molar-refractivity contribution in [3.8, 4) is 0 Å². The molecule has 2 aliphatic rings. The molecule has 1 saturated heterocycles. The van der Waals surface area contributed by atoms with Crippen molar-refractivity contribution in [1.82, 2.24) is 4.90 Å². The third-order valence-corrected chi connectivity index (χ3v) is 5.45. The molecule has 2 aromatic carbocycles. The quantitative estimate of drug-likeness (QED) is 0.915. The van der Waals surface area contributed by atoms with Crippen LogP contribution in [0.5, 0.6) is 0 Å². The van der Waals surface area contributed by atoms with Gasteiger partial charge in [-0.3, -0.25) is 9.69 Å². The van der Waals surface area contributed by atoms with E-state index in [1.165, 1.54) is 36.1 Å². The first kappa shape index (κ1) is 17.1. The van der Waals surface area contributed by atoms with Gasteiger partial charge in [0.05, 0.1) is 6.54 Å². The largest absolute Gasteiger partial charge is 0.372 e. The number of amides is 1. The van der Waals surface area contributed by atoms with Crippen LogP contribution in [0, 0.1) is 0 Å². The molecule has 2 aromatic rings. The van der Waals surface area contributed by atoms with Crippen molar-refractivity contribution in [2.45, 2.75) is 32.2 Å². The van der Waals surface area contributed by atoms with Crippen molar-refractivity contribution >= 4 is 17.3 Å². The summed E-state index contributed by atoms with van der Waals surface area (Å²) in [6, 6.07) is 16.8. The molecule has 4 rings (SSSR count). The summed E-state index contributed by atoms with van der Waals surface area (Å²) in [5, 5.41) is 3.04. The Labute approximate surface area is 155 Å². The van der Waals surface area contributed by atoms with Gasteiger partial charge in [-0.2, -0.15) is 0 Å². The Bertz CT molecular complexity index is 750. The number of benzene rings is 2. The third-order valence-electron chi connectivity index (χ3n) is 5.45. The van der Waals surface area contributed by atoms with Gasteiger partial charge >= 0.3 is 0 Å². The SMILES string of the molecule is O=C(CN1CCc2ccccc2C1)Nc1ccc(N2CCCCC2)cc1. The normalized spacial score (nSPS) is 17.6. The lowest BCUT2D eigenvalue weighted by molar-refractivity contribution is -0.117. The molecule has 0 atom stereocenters. The minimum Gasteiger partial charge on any atom is -0.372 e. The highest BCUT2D eigenvalue weighted by molar-refractivity contribution is 5.92. The third kappa shape index (κ3) is 4.07. The van der Waals surface area contributed by atoms with Crippen molar-refractivity contribution in [2.24, 2.45) is 0 Å². The second-order valence-electron chi connectivity index (χ2n) is 7.37. The van der Waals surface area contributed by atoms with E-state index in [1.807, 2.05) is 12.1 Å². The number of rotatable bonds is 4. The maximum Gasteiger partial charge on any atom is 0.238 e. The predicted molar refractivity (Wildman–Crippen MR) is 107 cm³/mol. The van der Waals surface area contributed by atoms with Crippen LogP contribution in [0.15, 0.2) is 48.5 Å². The number of carbonyl (C=O) groups excluding carboxylic acids is 1. The van der Waals surface area contributed by atoms with Crippen molar-refractivity contribution in [2.75, 3.05) is 36.4 Å². The molecule has 0 saturated carbocycles. The van der Waals surface area contributed by atoms with Crippen molar-refractivity contribution in [3.63, 3.8) is 0 Å². The number of nitrogens with zero attached hydrogens (tertiary/aromatic N) is 2. The molecule has 0 bridgehead atoms. The first-order chi connectivity index (χ1) is 12.8. The molecule has 0 radical (unpaired) electrons. The number of anilines is 2. The Kier molecular flexibility index (Phi) is 5.21. The Morgan fingerprint density at radius 2 is 1.62 bits per heavy atom. The van der Waals surface area contributed by atoms with Crippen LogP contribution in [0.25, 0.3) is 0 Å². The summed E-state index contributed by atoms with van der Waals surface area (Å²) < 4.78 is 0. The molecule has 0 aromatic heterocycles. The number of hydrogen-bond donors (Lipinski definition) is 1. The summed E-state index contributed by atoms with van der Waals surface area (Å²) in [7, 11) is 0. The van der Waals surface area contributed by atoms with E-state index in [0.717, 1.165) is 38.3 Å². The molecule has 2 aliphatic heterocycles. The van der Waals surface area contributed by atoms with Crippen LogP contribution in [0.3, 0.4) is 0 Å². The average molecular weight is 349 g/mol. The molecule has 0 spiro atoms. The van der Waals surface area contributed by atoms with Crippen molar-refractivity contribution in [1.29, 1.82) is 0 Å². The van der Waals surface area contributed by atoms with Gasteiger partial charge in [0, 0.05) is 37.6 Å². The van der Waals surface area contributed by atoms with Gasteiger partial charge in [-0.1, -0.05) is 24.3 Å². The molecule has 0 aliphatic carbocycles. The van der Waals surface area contributed by atoms with Gasteiger partial charge in [0.1, 0.15) is 0 Å².